The van der Waals surface area contributed by atoms with E-state index in [1.807, 2.05) is 0 Å². The zero-order valence-corrected chi connectivity index (χ0v) is 12.0. The molecule has 3 amide bonds. The fourth-order valence-corrected chi connectivity index (χ4v) is 1.61. The SMILES string of the molecule is CC(=O)N[C@@H](CCC(=O)O)C(=O)N[C@@H](CCC(=O)O)C(N)=O. The van der Waals surface area contributed by atoms with E-state index >= 15 is 0 Å². The molecule has 22 heavy (non-hydrogen) atoms. The van der Waals surface area contributed by atoms with E-state index in [-0.39, 0.29) is 25.7 Å². The molecule has 0 saturated heterocycles. The molecule has 0 bridgehead atoms. The van der Waals surface area contributed by atoms with Gasteiger partial charge >= 0.3 is 11.9 Å². The molecule has 10 nitrogen and oxygen atoms in total. The van der Waals surface area contributed by atoms with Gasteiger partial charge in [0.25, 0.3) is 0 Å². The first-order chi connectivity index (χ1) is 10.1. The monoisotopic (exact) mass is 317 g/mol. The molecule has 0 unspecified atom stereocenters. The molecule has 6 N–H and O–H groups in total. The molecule has 0 radical (unpaired) electrons. The normalized spacial score (nSPS) is 12.8. The summed E-state index contributed by atoms with van der Waals surface area (Å²) < 4.78 is 0. The second-order valence-electron chi connectivity index (χ2n) is 4.58. The lowest BCUT2D eigenvalue weighted by Crippen LogP contribution is -2.52. The Labute approximate surface area is 126 Å². The third-order valence-electron chi connectivity index (χ3n) is 2.65. The average Bonchev–Trinajstić information content (AvgIpc) is 2.37. The maximum Gasteiger partial charge on any atom is 0.303 e. The molecule has 124 valence electrons. The highest BCUT2D eigenvalue weighted by Crippen LogP contribution is 2.02. The second kappa shape index (κ2) is 9.32. The van der Waals surface area contributed by atoms with Crippen molar-refractivity contribution < 1.29 is 34.2 Å². The van der Waals surface area contributed by atoms with Gasteiger partial charge in [-0.25, -0.2) is 0 Å². The van der Waals surface area contributed by atoms with E-state index in [9.17, 15) is 24.0 Å². The number of nitrogens with two attached hydrogens (primary N) is 1. The van der Waals surface area contributed by atoms with Crippen LogP contribution in [0.15, 0.2) is 0 Å². The third kappa shape index (κ3) is 8.51. The third-order valence-corrected chi connectivity index (χ3v) is 2.65. The van der Waals surface area contributed by atoms with Crippen molar-refractivity contribution in [3.8, 4) is 0 Å². The average molecular weight is 317 g/mol. The number of hydrogen-bond donors (Lipinski definition) is 5. The van der Waals surface area contributed by atoms with Crippen molar-refractivity contribution in [2.75, 3.05) is 0 Å². The van der Waals surface area contributed by atoms with Crippen LogP contribution in [-0.4, -0.2) is 52.0 Å². The molecule has 0 spiro atoms. The lowest BCUT2D eigenvalue weighted by atomic mass is 10.1. The minimum Gasteiger partial charge on any atom is -0.481 e. The van der Waals surface area contributed by atoms with Crippen molar-refractivity contribution in [3.05, 3.63) is 0 Å². The van der Waals surface area contributed by atoms with Crippen molar-refractivity contribution in [3.63, 3.8) is 0 Å². The zero-order chi connectivity index (χ0) is 17.3. The molecule has 0 aliphatic rings. The van der Waals surface area contributed by atoms with E-state index in [0.29, 0.717) is 0 Å². The maximum atomic E-state index is 12.0. The maximum absolute atomic E-state index is 12.0. The number of carboxylic acids is 2. The minimum absolute atomic E-state index is 0.175. The number of carboxylic acid groups (broad SMARTS) is 2. The van der Waals surface area contributed by atoms with E-state index in [0.717, 1.165) is 6.92 Å². The van der Waals surface area contributed by atoms with Crippen LogP contribution >= 0.6 is 0 Å². The van der Waals surface area contributed by atoms with Gasteiger partial charge in [-0.3, -0.25) is 24.0 Å². The number of rotatable bonds is 10. The molecule has 0 aromatic carbocycles. The topological polar surface area (TPSA) is 176 Å². The molecule has 0 saturated carbocycles. The summed E-state index contributed by atoms with van der Waals surface area (Å²) in [5.74, 6) is -4.59. The highest BCUT2D eigenvalue weighted by atomic mass is 16.4. The molecular weight excluding hydrogens is 298 g/mol. The van der Waals surface area contributed by atoms with Gasteiger partial charge in [0.2, 0.25) is 17.7 Å². The van der Waals surface area contributed by atoms with Crippen LogP contribution < -0.4 is 16.4 Å². The standard InChI is InChI=1S/C12H19N3O7/c1-6(16)14-8(3-5-10(19)20)12(22)15-7(11(13)21)2-4-9(17)18/h7-8H,2-5H2,1H3,(H2,13,21)(H,14,16)(H,15,22)(H,17,18)(H,19,20)/t7-,8-/m0/s1. The van der Waals surface area contributed by atoms with Crippen molar-refractivity contribution in [1.82, 2.24) is 10.6 Å². The number of primary amides is 1. The second-order valence-corrected chi connectivity index (χ2v) is 4.58. The minimum atomic E-state index is -1.22. The summed E-state index contributed by atoms with van der Waals surface area (Å²) in [6.07, 6.45) is -1.13. The molecule has 0 aromatic rings. The van der Waals surface area contributed by atoms with Crippen molar-refractivity contribution >= 4 is 29.7 Å². The zero-order valence-electron chi connectivity index (χ0n) is 12.0. The Morgan fingerprint density at radius 3 is 1.73 bits per heavy atom. The summed E-state index contributed by atoms with van der Waals surface area (Å²) in [7, 11) is 0. The Morgan fingerprint density at radius 2 is 1.36 bits per heavy atom. The number of amides is 3. The van der Waals surface area contributed by atoms with Crippen LogP contribution in [0, 0.1) is 0 Å². The molecule has 2 atom stereocenters. The number of hydrogen-bond acceptors (Lipinski definition) is 5. The van der Waals surface area contributed by atoms with Crippen LogP contribution in [0.1, 0.15) is 32.6 Å². The molecule has 0 aromatic heterocycles. The summed E-state index contributed by atoms with van der Waals surface area (Å²) in [5.41, 5.74) is 5.07. The molecular formula is C12H19N3O7. The molecule has 0 fully saturated rings. The fourth-order valence-electron chi connectivity index (χ4n) is 1.61. The summed E-state index contributed by atoms with van der Waals surface area (Å²) in [6.45, 7) is 1.15. The van der Waals surface area contributed by atoms with E-state index < -0.39 is 41.7 Å². The van der Waals surface area contributed by atoms with Crippen LogP contribution in [0.2, 0.25) is 0 Å². The highest BCUT2D eigenvalue weighted by Gasteiger charge is 2.25. The van der Waals surface area contributed by atoms with Crippen molar-refractivity contribution in [1.29, 1.82) is 0 Å². The van der Waals surface area contributed by atoms with E-state index in [1.54, 1.807) is 0 Å². The summed E-state index contributed by atoms with van der Waals surface area (Å²) >= 11 is 0. The van der Waals surface area contributed by atoms with Gasteiger partial charge < -0.3 is 26.6 Å². The van der Waals surface area contributed by atoms with Gasteiger partial charge in [0, 0.05) is 19.8 Å². The van der Waals surface area contributed by atoms with Gasteiger partial charge in [-0.05, 0) is 12.8 Å². The Hall–Kier alpha value is -2.65. The van der Waals surface area contributed by atoms with Gasteiger partial charge in [-0.2, -0.15) is 0 Å². The van der Waals surface area contributed by atoms with Crippen molar-refractivity contribution in [2.45, 2.75) is 44.7 Å². The first kappa shape index (κ1) is 19.4. The van der Waals surface area contributed by atoms with Crippen LogP contribution in [0.4, 0.5) is 0 Å². The Bertz CT molecular complexity index is 464. The van der Waals surface area contributed by atoms with E-state index in [1.165, 1.54) is 0 Å². The van der Waals surface area contributed by atoms with Crippen LogP contribution in [0.5, 0.6) is 0 Å². The van der Waals surface area contributed by atoms with Crippen LogP contribution in [0.25, 0.3) is 0 Å². The molecule has 0 heterocycles. The van der Waals surface area contributed by atoms with E-state index in [2.05, 4.69) is 10.6 Å². The van der Waals surface area contributed by atoms with Gasteiger partial charge in [-0.1, -0.05) is 0 Å². The quantitative estimate of drug-likeness (QED) is 0.315. The number of carbonyl (C=O) groups is 5. The Morgan fingerprint density at radius 1 is 0.909 bits per heavy atom. The van der Waals surface area contributed by atoms with Gasteiger partial charge in [0.15, 0.2) is 0 Å². The predicted octanol–water partition coefficient (Wildman–Crippen LogP) is -1.81. The fraction of sp³-hybridized carbons (Fsp3) is 0.583. The van der Waals surface area contributed by atoms with E-state index in [4.69, 9.17) is 15.9 Å². The summed E-state index contributed by atoms with van der Waals surface area (Å²) in [5, 5.41) is 21.7. The van der Waals surface area contributed by atoms with Crippen LogP contribution in [-0.2, 0) is 24.0 Å². The predicted molar refractivity (Wildman–Crippen MR) is 72.5 cm³/mol. The lowest BCUT2D eigenvalue weighted by molar-refractivity contribution is -0.139. The molecule has 10 heteroatoms. The summed E-state index contributed by atoms with van der Waals surface area (Å²) in [4.78, 5) is 55.2. The molecule has 0 rings (SSSR count). The Kier molecular flexibility index (Phi) is 8.19. The lowest BCUT2D eigenvalue weighted by Gasteiger charge is -2.20. The largest absolute Gasteiger partial charge is 0.481 e. The van der Waals surface area contributed by atoms with Crippen molar-refractivity contribution in [2.24, 2.45) is 5.73 Å². The van der Waals surface area contributed by atoms with Gasteiger partial charge in [-0.15, -0.1) is 0 Å². The number of nitrogens with one attached hydrogen (secondary N) is 2. The summed E-state index contributed by atoms with van der Waals surface area (Å²) in [6, 6.07) is -2.37. The smallest absolute Gasteiger partial charge is 0.303 e. The first-order valence-corrected chi connectivity index (χ1v) is 6.43. The molecule has 0 aliphatic heterocycles. The Balaban J connectivity index is 4.79. The number of carbonyl (C=O) groups excluding carboxylic acids is 3. The molecule has 0 aliphatic carbocycles. The number of aliphatic carboxylic acids is 2. The van der Waals surface area contributed by atoms with Gasteiger partial charge in [0.1, 0.15) is 12.1 Å². The van der Waals surface area contributed by atoms with Gasteiger partial charge in [0.05, 0.1) is 0 Å². The first-order valence-electron chi connectivity index (χ1n) is 6.43. The van der Waals surface area contributed by atoms with Crippen LogP contribution in [0.3, 0.4) is 0 Å². The highest BCUT2D eigenvalue weighted by molar-refractivity contribution is 5.91.